The monoisotopic (exact) mass is 251 g/mol. The normalized spacial score (nSPS) is 16.6. The number of ether oxygens (including phenoxy) is 2. The summed E-state index contributed by atoms with van der Waals surface area (Å²) in [5.41, 5.74) is 0.468. The van der Waals surface area contributed by atoms with E-state index in [4.69, 9.17) is 19.5 Å². The van der Waals surface area contributed by atoms with Crippen LogP contribution in [-0.4, -0.2) is 61.5 Å². The van der Waals surface area contributed by atoms with Gasteiger partial charge in [0.1, 0.15) is 12.4 Å². The van der Waals surface area contributed by atoms with Gasteiger partial charge >= 0.3 is 7.12 Å². The van der Waals surface area contributed by atoms with E-state index in [1.54, 1.807) is 24.3 Å². The zero-order valence-corrected chi connectivity index (χ0v) is 10.3. The van der Waals surface area contributed by atoms with E-state index in [-0.39, 0.29) is 0 Å². The summed E-state index contributed by atoms with van der Waals surface area (Å²) in [6, 6.07) is 6.78. The van der Waals surface area contributed by atoms with Gasteiger partial charge in [-0.05, 0) is 17.6 Å². The highest BCUT2D eigenvalue weighted by Gasteiger charge is 2.11. The SMILES string of the molecule is OB(O)c1ccc(OCCN2CCOCC2)cc1. The van der Waals surface area contributed by atoms with Crippen LogP contribution in [0.2, 0.25) is 0 Å². The second-order valence-electron chi connectivity index (χ2n) is 4.25. The summed E-state index contributed by atoms with van der Waals surface area (Å²) in [6.07, 6.45) is 0. The lowest BCUT2D eigenvalue weighted by Crippen LogP contribution is -2.38. The lowest BCUT2D eigenvalue weighted by Gasteiger charge is -2.26. The first-order valence-electron chi connectivity index (χ1n) is 6.15. The van der Waals surface area contributed by atoms with Crippen molar-refractivity contribution in [2.45, 2.75) is 0 Å². The summed E-state index contributed by atoms with van der Waals surface area (Å²) in [4.78, 5) is 2.30. The van der Waals surface area contributed by atoms with Gasteiger partial charge in [0.2, 0.25) is 0 Å². The number of hydrogen-bond acceptors (Lipinski definition) is 5. The Balaban J connectivity index is 1.72. The van der Waals surface area contributed by atoms with Gasteiger partial charge in [0.15, 0.2) is 0 Å². The molecule has 2 rings (SSSR count). The minimum absolute atomic E-state index is 0.468. The Morgan fingerprint density at radius 1 is 1.17 bits per heavy atom. The van der Waals surface area contributed by atoms with Crippen molar-refractivity contribution in [3.05, 3.63) is 24.3 Å². The average Bonchev–Trinajstić information content (AvgIpc) is 2.40. The van der Waals surface area contributed by atoms with Gasteiger partial charge in [-0.25, -0.2) is 0 Å². The Kier molecular flexibility index (Phi) is 5.01. The maximum absolute atomic E-state index is 8.96. The minimum atomic E-state index is -1.42. The summed E-state index contributed by atoms with van der Waals surface area (Å²) < 4.78 is 10.9. The number of benzene rings is 1. The first-order valence-corrected chi connectivity index (χ1v) is 6.15. The first-order chi connectivity index (χ1) is 8.75. The van der Waals surface area contributed by atoms with Gasteiger partial charge in [-0.1, -0.05) is 12.1 Å². The molecule has 18 heavy (non-hydrogen) atoms. The molecule has 0 radical (unpaired) electrons. The van der Waals surface area contributed by atoms with Gasteiger partial charge in [0.05, 0.1) is 13.2 Å². The zero-order chi connectivity index (χ0) is 12.8. The van der Waals surface area contributed by atoms with Gasteiger partial charge in [0.25, 0.3) is 0 Å². The fraction of sp³-hybridized carbons (Fsp3) is 0.500. The van der Waals surface area contributed by atoms with Crippen LogP contribution < -0.4 is 10.2 Å². The second-order valence-corrected chi connectivity index (χ2v) is 4.25. The molecule has 1 aliphatic rings. The van der Waals surface area contributed by atoms with Crippen molar-refractivity contribution >= 4 is 12.6 Å². The van der Waals surface area contributed by atoms with Crippen LogP contribution in [0.3, 0.4) is 0 Å². The molecule has 0 bridgehead atoms. The van der Waals surface area contributed by atoms with E-state index in [2.05, 4.69) is 4.90 Å². The summed E-state index contributed by atoms with van der Waals surface area (Å²) in [5, 5.41) is 17.9. The standard InChI is InChI=1S/C12H18BNO4/c15-13(16)11-1-3-12(4-2-11)18-10-7-14-5-8-17-9-6-14/h1-4,15-16H,5-10H2. The molecule has 0 unspecified atom stereocenters. The third kappa shape index (κ3) is 3.99. The molecule has 1 saturated heterocycles. The third-order valence-electron chi connectivity index (χ3n) is 2.96. The van der Waals surface area contributed by atoms with E-state index in [0.717, 1.165) is 38.6 Å². The van der Waals surface area contributed by atoms with E-state index in [1.807, 2.05) is 0 Å². The first kappa shape index (κ1) is 13.4. The lowest BCUT2D eigenvalue weighted by atomic mass is 9.80. The van der Waals surface area contributed by atoms with Crippen molar-refractivity contribution < 1.29 is 19.5 Å². The average molecular weight is 251 g/mol. The predicted octanol–water partition coefficient (Wildman–Crippen LogP) is -0.923. The van der Waals surface area contributed by atoms with Crippen molar-refractivity contribution in [1.82, 2.24) is 4.90 Å². The number of rotatable bonds is 5. The van der Waals surface area contributed by atoms with Gasteiger partial charge < -0.3 is 19.5 Å². The Bertz CT molecular complexity index is 352. The summed E-state index contributed by atoms with van der Waals surface area (Å²) in [6.45, 7) is 5.01. The summed E-state index contributed by atoms with van der Waals surface area (Å²) >= 11 is 0. The molecule has 1 aliphatic heterocycles. The largest absolute Gasteiger partial charge is 0.492 e. The Hall–Kier alpha value is -1.08. The quantitative estimate of drug-likeness (QED) is 0.662. The van der Waals surface area contributed by atoms with E-state index in [1.165, 1.54) is 0 Å². The molecule has 0 spiro atoms. The van der Waals surface area contributed by atoms with E-state index >= 15 is 0 Å². The highest BCUT2D eigenvalue weighted by atomic mass is 16.5. The molecule has 1 heterocycles. The molecule has 2 N–H and O–H groups in total. The van der Waals surface area contributed by atoms with Crippen LogP contribution >= 0.6 is 0 Å². The molecule has 1 aromatic rings. The Labute approximate surface area is 107 Å². The molecular weight excluding hydrogens is 233 g/mol. The van der Waals surface area contributed by atoms with E-state index in [9.17, 15) is 0 Å². The highest BCUT2D eigenvalue weighted by Crippen LogP contribution is 2.07. The topological polar surface area (TPSA) is 62.2 Å². The maximum Gasteiger partial charge on any atom is 0.488 e. The van der Waals surface area contributed by atoms with Crippen molar-refractivity contribution in [1.29, 1.82) is 0 Å². The van der Waals surface area contributed by atoms with E-state index in [0.29, 0.717) is 12.1 Å². The molecule has 0 aliphatic carbocycles. The van der Waals surface area contributed by atoms with Crippen LogP contribution in [-0.2, 0) is 4.74 Å². The van der Waals surface area contributed by atoms with Gasteiger partial charge in [-0.3, -0.25) is 4.90 Å². The molecule has 0 amide bonds. The molecule has 6 heteroatoms. The minimum Gasteiger partial charge on any atom is -0.492 e. The van der Waals surface area contributed by atoms with E-state index < -0.39 is 7.12 Å². The van der Waals surface area contributed by atoms with Crippen LogP contribution in [0.25, 0.3) is 0 Å². The van der Waals surface area contributed by atoms with Gasteiger partial charge in [-0.2, -0.15) is 0 Å². The maximum atomic E-state index is 8.96. The zero-order valence-electron chi connectivity index (χ0n) is 10.3. The molecule has 0 aromatic heterocycles. The molecular formula is C12H18BNO4. The second kappa shape index (κ2) is 6.75. The number of morpholine rings is 1. The highest BCUT2D eigenvalue weighted by molar-refractivity contribution is 6.58. The lowest BCUT2D eigenvalue weighted by molar-refractivity contribution is 0.0322. The molecule has 1 aromatic carbocycles. The van der Waals surface area contributed by atoms with Crippen molar-refractivity contribution in [3.63, 3.8) is 0 Å². The fourth-order valence-electron chi connectivity index (χ4n) is 1.85. The number of hydrogen-bond donors (Lipinski definition) is 2. The predicted molar refractivity (Wildman–Crippen MR) is 69.0 cm³/mol. The number of nitrogens with zero attached hydrogens (tertiary/aromatic N) is 1. The van der Waals surface area contributed by atoms with Crippen molar-refractivity contribution in [3.8, 4) is 5.75 Å². The van der Waals surface area contributed by atoms with Crippen LogP contribution in [0.1, 0.15) is 0 Å². The molecule has 1 fully saturated rings. The molecule has 0 atom stereocenters. The molecule has 98 valence electrons. The summed E-state index contributed by atoms with van der Waals surface area (Å²) in [7, 11) is -1.42. The molecule has 0 saturated carbocycles. The van der Waals surface area contributed by atoms with Gasteiger partial charge in [0, 0.05) is 19.6 Å². The third-order valence-corrected chi connectivity index (χ3v) is 2.96. The van der Waals surface area contributed by atoms with Crippen molar-refractivity contribution in [2.24, 2.45) is 0 Å². The van der Waals surface area contributed by atoms with Gasteiger partial charge in [-0.15, -0.1) is 0 Å². The Morgan fingerprint density at radius 3 is 2.44 bits per heavy atom. The smallest absolute Gasteiger partial charge is 0.488 e. The van der Waals surface area contributed by atoms with Crippen molar-refractivity contribution in [2.75, 3.05) is 39.5 Å². The van der Waals surface area contributed by atoms with Crippen LogP contribution in [0.4, 0.5) is 0 Å². The van der Waals surface area contributed by atoms with Crippen LogP contribution in [0.15, 0.2) is 24.3 Å². The van der Waals surface area contributed by atoms with Crippen LogP contribution in [0.5, 0.6) is 5.75 Å². The fourth-order valence-corrected chi connectivity index (χ4v) is 1.85. The summed E-state index contributed by atoms with van der Waals surface area (Å²) in [5.74, 6) is 0.743. The molecule has 5 nitrogen and oxygen atoms in total. The van der Waals surface area contributed by atoms with Crippen LogP contribution in [0, 0.1) is 0 Å². The Morgan fingerprint density at radius 2 is 1.83 bits per heavy atom.